The highest BCUT2D eigenvalue weighted by Gasteiger charge is 2.22. The fourth-order valence-corrected chi connectivity index (χ4v) is 3.40. The number of fused-ring (bicyclic) bond motifs is 1. The first-order valence-electron chi connectivity index (χ1n) is 9.74. The lowest BCUT2D eigenvalue weighted by Crippen LogP contribution is -2.49. The van der Waals surface area contributed by atoms with Crippen molar-refractivity contribution in [2.24, 2.45) is 0 Å². The second-order valence-electron chi connectivity index (χ2n) is 7.14. The number of anilines is 1. The number of hydrogen-bond donors (Lipinski definition) is 0. The second-order valence-corrected chi connectivity index (χ2v) is 7.14. The maximum atomic E-state index is 12.5. The van der Waals surface area contributed by atoms with E-state index in [0.717, 1.165) is 56.0 Å². The third kappa shape index (κ3) is 4.73. The van der Waals surface area contributed by atoms with E-state index in [2.05, 4.69) is 42.0 Å². The van der Waals surface area contributed by atoms with E-state index in [-0.39, 0.29) is 5.91 Å². The molecule has 1 saturated heterocycles. The standard InChI is InChI=1S/C21H30N4O/c1-3-4-12-23(2)13-11-21(26)25-16-14-24(15-17-25)20-10-9-18-7-5-6-8-19(18)22-20/h5-10H,3-4,11-17H2,1-2H3. The third-order valence-electron chi connectivity index (χ3n) is 5.14. The van der Waals surface area contributed by atoms with Gasteiger partial charge in [0, 0.05) is 44.5 Å². The van der Waals surface area contributed by atoms with E-state index in [0.29, 0.717) is 6.42 Å². The van der Waals surface area contributed by atoms with Crippen LogP contribution in [0.1, 0.15) is 26.2 Å². The highest BCUT2D eigenvalue weighted by atomic mass is 16.2. The lowest BCUT2D eigenvalue weighted by molar-refractivity contribution is -0.131. The molecule has 0 unspecified atom stereocenters. The molecule has 0 saturated carbocycles. The van der Waals surface area contributed by atoms with Gasteiger partial charge in [-0.25, -0.2) is 4.98 Å². The van der Waals surface area contributed by atoms with Crippen molar-refractivity contribution >= 4 is 22.6 Å². The number of nitrogens with zero attached hydrogens (tertiary/aromatic N) is 4. The van der Waals surface area contributed by atoms with Crippen molar-refractivity contribution in [3.63, 3.8) is 0 Å². The summed E-state index contributed by atoms with van der Waals surface area (Å²) in [6, 6.07) is 12.4. The Bertz CT molecular complexity index is 725. The number of benzene rings is 1. The first-order chi connectivity index (χ1) is 12.7. The highest BCUT2D eigenvalue weighted by Crippen LogP contribution is 2.19. The molecular weight excluding hydrogens is 324 g/mol. The predicted molar refractivity (Wildman–Crippen MR) is 108 cm³/mol. The summed E-state index contributed by atoms with van der Waals surface area (Å²) in [5, 5.41) is 1.16. The van der Waals surface area contributed by atoms with Crippen LogP contribution in [0.15, 0.2) is 36.4 Å². The van der Waals surface area contributed by atoms with Crippen LogP contribution in [0, 0.1) is 0 Å². The van der Waals surface area contributed by atoms with Crippen LogP contribution in [0.25, 0.3) is 10.9 Å². The Morgan fingerprint density at radius 3 is 2.62 bits per heavy atom. The minimum Gasteiger partial charge on any atom is -0.353 e. The first kappa shape index (κ1) is 18.6. The summed E-state index contributed by atoms with van der Waals surface area (Å²) in [7, 11) is 2.10. The lowest BCUT2D eigenvalue weighted by Gasteiger charge is -2.35. The number of unbranched alkanes of at least 4 members (excludes halogenated alkanes) is 1. The molecule has 0 spiro atoms. The van der Waals surface area contributed by atoms with Gasteiger partial charge in [-0.1, -0.05) is 31.5 Å². The molecule has 2 heterocycles. The smallest absolute Gasteiger partial charge is 0.223 e. The number of pyridine rings is 1. The molecule has 5 nitrogen and oxygen atoms in total. The average Bonchev–Trinajstić information content (AvgIpc) is 2.70. The molecule has 0 aliphatic carbocycles. The van der Waals surface area contributed by atoms with Gasteiger partial charge in [-0.05, 0) is 38.2 Å². The normalized spacial score (nSPS) is 15.0. The number of hydrogen-bond acceptors (Lipinski definition) is 4. The fourth-order valence-electron chi connectivity index (χ4n) is 3.40. The summed E-state index contributed by atoms with van der Waals surface area (Å²) < 4.78 is 0. The SMILES string of the molecule is CCCCN(C)CCC(=O)N1CCN(c2ccc3ccccc3n2)CC1. The Morgan fingerprint density at radius 2 is 1.85 bits per heavy atom. The molecule has 1 aromatic heterocycles. The Hall–Kier alpha value is -2.14. The van der Waals surface area contributed by atoms with Crippen LogP contribution < -0.4 is 4.90 Å². The van der Waals surface area contributed by atoms with Crippen LogP contribution in [-0.2, 0) is 4.79 Å². The molecule has 0 bridgehead atoms. The molecule has 1 aliphatic heterocycles. The average molecular weight is 354 g/mol. The molecule has 0 radical (unpaired) electrons. The minimum absolute atomic E-state index is 0.277. The van der Waals surface area contributed by atoms with Crippen LogP contribution in [0.3, 0.4) is 0 Å². The Labute approximate surface area is 156 Å². The predicted octanol–water partition coefficient (Wildman–Crippen LogP) is 3.01. The van der Waals surface area contributed by atoms with E-state index in [1.54, 1.807) is 0 Å². The summed E-state index contributed by atoms with van der Waals surface area (Å²) in [5.41, 5.74) is 1.03. The van der Waals surface area contributed by atoms with Crippen molar-refractivity contribution in [1.82, 2.24) is 14.8 Å². The highest BCUT2D eigenvalue weighted by molar-refractivity contribution is 5.80. The van der Waals surface area contributed by atoms with Gasteiger partial charge in [0.15, 0.2) is 0 Å². The number of rotatable bonds is 7. The number of aromatic nitrogens is 1. The lowest BCUT2D eigenvalue weighted by atomic mass is 10.2. The molecule has 140 valence electrons. The number of para-hydroxylation sites is 1. The monoisotopic (exact) mass is 354 g/mol. The minimum atomic E-state index is 0.277. The Morgan fingerprint density at radius 1 is 1.08 bits per heavy atom. The van der Waals surface area contributed by atoms with Gasteiger partial charge in [0.25, 0.3) is 0 Å². The van der Waals surface area contributed by atoms with Crippen molar-refractivity contribution in [1.29, 1.82) is 0 Å². The zero-order chi connectivity index (χ0) is 18.4. The molecule has 3 rings (SSSR count). The van der Waals surface area contributed by atoms with Gasteiger partial charge in [0.2, 0.25) is 5.91 Å². The maximum Gasteiger partial charge on any atom is 0.223 e. The van der Waals surface area contributed by atoms with E-state index in [1.807, 2.05) is 23.1 Å². The number of carbonyl (C=O) groups excluding carboxylic acids is 1. The summed E-state index contributed by atoms with van der Waals surface area (Å²) in [6.07, 6.45) is 3.01. The van der Waals surface area contributed by atoms with Crippen LogP contribution >= 0.6 is 0 Å². The fraction of sp³-hybridized carbons (Fsp3) is 0.524. The molecule has 0 atom stereocenters. The van der Waals surface area contributed by atoms with Crippen molar-refractivity contribution in [2.75, 3.05) is 51.2 Å². The molecule has 0 N–H and O–H groups in total. The maximum absolute atomic E-state index is 12.5. The topological polar surface area (TPSA) is 39.7 Å². The Kier molecular flexibility index (Phi) is 6.45. The summed E-state index contributed by atoms with van der Waals surface area (Å²) in [6.45, 7) is 7.39. The quantitative estimate of drug-likeness (QED) is 0.766. The van der Waals surface area contributed by atoms with Crippen LogP contribution in [0.4, 0.5) is 5.82 Å². The van der Waals surface area contributed by atoms with Crippen molar-refractivity contribution in [3.05, 3.63) is 36.4 Å². The zero-order valence-electron chi connectivity index (χ0n) is 16.0. The molecule has 5 heteroatoms. The number of piperazine rings is 1. The second kappa shape index (κ2) is 8.99. The largest absolute Gasteiger partial charge is 0.353 e. The van der Waals surface area contributed by atoms with Gasteiger partial charge in [-0.3, -0.25) is 4.79 Å². The van der Waals surface area contributed by atoms with Crippen LogP contribution in [0.5, 0.6) is 0 Å². The Balaban J connectivity index is 1.49. The van der Waals surface area contributed by atoms with Crippen molar-refractivity contribution in [2.45, 2.75) is 26.2 Å². The number of amides is 1. The van der Waals surface area contributed by atoms with Gasteiger partial charge in [0.1, 0.15) is 5.82 Å². The zero-order valence-corrected chi connectivity index (χ0v) is 16.0. The molecule has 1 fully saturated rings. The van der Waals surface area contributed by atoms with Gasteiger partial charge in [-0.2, -0.15) is 0 Å². The molecule has 1 amide bonds. The molecule has 2 aromatic rings. The van der Waals surface area contributed by atoms with Gasteiger partial charge in [-0.15, -0.1) is 0 Å². The van der Waals surface area contributed by atoms with Crippen molar-refractivity contribution < 1.29 is 4.79 Å². The third-order valence-corrected chi connectivity index (χ3v) is 5.14. The number of carbonyl (C=O) groups is 1. The van der Waals surface area contributed by atoms with Gasteiger partial charge in [0.05, 0.1) is 5.52 Å². The van der Waals surface area contributed by atoms with E-state index in [4.69, 9.17) is 4.98 Å². The molecule has 1 aromatic carbocycles. The van der Waals surface area contributed by atoms with Gasteiger partial charge < -0.3 is 14.7 Å². The summed E-state index contributed by atoms with van der Waals surface area (Å²) in [4.78, 5) is 23.8. The van der Waals surface area contributed by atoms with Crippen molar-refractivity contribution in [3.8, 4) is 0 Å². The van der Waals surface area contributed by atoms with Crippen LogP contribution in [-0.4, -0.2) is 67.0 Å². The molecular formula is C21H30N4O. The molecule has 26 heavy (non-hydrogen) atoms. The van der Waals surface area contributed by atoms with Gasteiger partial charge >= 0.3 is 0 Å². The van der Waals surface area contributed by atoms with E-state index >= 15 is 0 Å². The van der Waals surface area contributed by atoms with E-state index < -0.39 is 0 Å². The first-order valence-corrected chi connectivity index (χ1v) is 9.74. The molecule has 1 aliphatic rings. The summed E-state index contributed by atoms with van der Waals surface area (Å²) >= 11 is 0. The van der Waals surface area contributed by atoms with Crippen LogP contribution in [0.2, 0.25) is 0 Å². The van der Waals surface area contributed by atoms with E-state index in [1.165, 1.54) is 12.8 Å². The van der Waals surface area contributed by atoms with E-state index in [9.17, 15) is 4.79 Å². The summed E-state index contributed by atoms with van der Waals surface area (Å²) in [5.74, 6) is 1.29.